The summed E-state index contributed by atoms with van der Waals surface area (Å²) in [6, 6.07) is 7.83. The molecule has 46 heavy (non-hydrogen) atoms. The topological polar surface area (TPSA) is 111 Å². The number of aromatic nitrogens is 4. The molecule has 0 radical (unpaired) electrons. The maximum atomic E-state index is 15.0. The Morgan fingerprint density at radius 1 is 0.891 bits per heavy atom. The summed E-state index contributed by atoms with van der Waals surface area (Å²) < 4.78 is 127. The maximum absolute atomic E-state index is 15.0. The van der Waals surface area contributed by atoms with E-state index in [2.05, 4.69) is 15.0 Å². The van der Waals surface area contributed by atoms with Crippen LogP contribution >= 0.6 is 11.6 Å². The van der Waals surface area contributed by atoms with Crippen LogP contribution in [0.15, 0.2) is 58.0 Å². The van der Waals surface area contributed by atoms with Crippen LogP contribution < -0.4 is 0 Å². The van der Waals surface area contributed by atoms with Gasteiger partial charge in [0.1, 0.15) is 28.2 Å². The smallest absolute Gasteiger partial charge is 0.434 e. The second-order valence-corrected chi connectivity index (χ2v) is 12.4. The van der Waals surface area contributed by atoms with Crippen LogP contribution in [0.5, 0.6) is 0 Å². The summed E-state index contributed by atoms with van der Waals surface area (Å²) in [5, 5.41) is 8.99. The molecule has 0 saturated carbocycles. The third-order valence-electron chi connectivity index (χ3n) is 6.85. The summed E-state index contributed by atoms with van der Waals surface area (Å²) in [4.78, 5) is 10.9. The second kappa shape index (κ2) is 11.5. The number of aliphatic hydroxyl groups is 1. The van der Waals surface area contributed by atoms with Gasteiger partial charge in [-0.3, -0.25) is 0 Å². The Morgan fingerprint density at radius 2 is 1.57 bits per heavy atom. The van der Waals surface area contributed by atoms with Crippen LogP contribution in [0.2, 0.25) is 5.15 Å². The Bertz CT molecular complexity index is 2110. The summed E-state index contributed by atoms with van der Waals surface area (Å²) in [6.07, 6.45) is -8.07. The standard InChI is InChI=1S/C29H20ClF7N4O4S/c1-13-38-24(29(35,36)37)11-41(13)21-6-4-15(16-9-20(31)19(12-42)22(10-16)46(3,43)44)8-18(21)25-26(45-14(2)39-25)17-5-7-23(28(32,33)34)40-27(17)30/h4-11,42H,12H2,1-3H3. The fraction of sp³-hybridized carbons (Fsp3) is 0.207. The first-order chi connectivity index (χ1) is 21.3. The largest absolute Gasteiger partial charge is 0.440 e. The summed E-state index contributed by atoms with van der Waals surface area (Å²) in [6.45, 7) is 1.80. The SMILES string of the molecule is Cc1nc(-c2cc(-c3cc(F)c(CO)c(S(C)(=O)=O)c3)ccc2-n2cc(C(F)(F)F)nc2C)c(-c2ccc(C(F)(F)F)nc2Cl)o1. The van der Waals surface area contributed by atoms with Gasteiger partial charge in [0, 0.05) is 30.5 Å². The van der Waals surface area contributed by atoms with Crippen molar-refractivity contribution in [3.8, 4) is 39.4 Å². The van der Waals surface area contributed by atoms with Crippen LogP contribution in [0, 0.1) is 19.7 Å². The number of alkyl halides is 6. The first-order valence-electron chi connectivity index (χ1n) is 12.9. The number of oxazole rings is 1. The summed E-state index contributed by atoms with van der Waals surface area (Å²) >= 11 is 6.15. The number of pyridine rings is 1. The molecule has 0 aliphatic carbocycles. The van der Waals surface area contributed by atoms with E-state index in [1.165, 1.54) is 32.0 Å². The van der Waals surface area contributed by atoms with Gasteiger partial charge in [-0.05, 0) is 54.4 Å². The molecule has 0 aliphatic rings. The van der Waals surface area contributed by atoms with Gasteiger partial charge in [0.25, 0.3) is 0 Å². The number of halogens is 8. The zero-order chi connectivity index (χ0) is 33.9. The minimum absolute atomic E-state index is 0.00615. The lowest BCUT2D eigenvalue weighted by molar-refractivity contribution is -0.141. The first-order valence-corrected chi connectivity index (χ1v) is 15.2. The molecule has 242 valence electrons. The maximum Gasteiger partial charge on any atom is 0.434 e. The van der Waals surface area contributed by atoms with Crippen molar-refractivity contribution in [3.05, 3.63) is 88.3 Å². The molecule has 1 N–H and O–H groups in total. The van der Waals surface area contributed by atoms with E-state index >= 15 is 4.39 Å². The van der Waals surface area contributed by atoms with E-state index in [1.807, 2.05) is 0 Å². The molecular formula is C29H20ClF7N4O4S. The lowest BCUT2D eigenvalue weighted by atomic mass is 9.97. The zero-order valence-electron chi connectivity index (χ0n) is 23.7. The Kier molecular flexibility index (Phi) is 8.28. The van der Waals surface area contributed by atoms with Crippen molar-refractivity contribution >= 4 is 21.4 Å². The highest BCUT2D eigenvalue weighted by Gasteiger charge is 2.36. The predicted molar refractivity (Wildman–Crippen MR) is 151 cm³/mol. The van der Waals surface area contributed by atoms with Crippen molar-refractivity contribution in [2.75, 3.05) is 6.26 Å². The van der Waals surface area contributed by atoms with Crippen molar-refractivity contribution in [1.82, 2.24) is 19.5 Å². The minimum Gasteiger partial charge on any atom is -0.440 e. The van der Waals surface area contributed by atoms with Gasteiger partial charge < -0.3 is 14.1 Å². The van der Waals surface area contributed by atoms with Crippen molar-refractivity contribution in [3.63, 3.8) is 0 Å². The molecule has 17 heteroatoms. The molecule has 0 amide bonds. The fourth-order valence-corrected chi connectivity index (χ4v) is 5.98. The molecule has 8 nitrogen and oxygen atoms in total. The number of imidazole rings is 1. The monoisotopic (exact) mass is 688 g/mol. The number of rotatable bonds is 6. The van der Waals surface area contributed by atoms with Gasteiger partial charge in [-0.2, -0.15) is 26.3 Å². The quantitative estimate of drug-likeness (QED) is 0.145. The molecule has 0 fully saturated rings. The van der Waals surface area contributed by atoms with Gasteiger partial charge in [-0.1, -0.05) is 17.7 Å². The van der Waals surface area contributed by atoms with E-state index in [0.717, 1.165) is 35.2 Å². The van der Waals surface area contributed by atoms with E-state index in [0.29, 0.717) is 6.07 Å². The molecule has 0 atom stereocenters. The van der Waals surface area contributed by atoms with Crippen molar-refractivity contribution in [2.24, 2.45) is 0 Å². The highest BCUT2D eigenvalue weighted by Crippen LogP contribution is 2.42. The van der Waals surface area contributed by atoms with Gasteiger partial charge in [-0.15, -0.1) is 0 Å². The number of nitrogens with zero attached hydrogens (tertiary/aromatic N) is 4. The molecule has 2 aromatic carbocycles. The average Bonchev–Trinajstić information content (AvgIpc) is 3.53. The number of sulfone groups is 1. The Hall–Kier alpha value is -4.28. The number of benzene rings is 2. The van der Waals surface area contributed by atoms with Crippen LogP contribution in [0.1, 0.15) is 28.7 Å². The lowest BCUT2D eigenvalue weighted by Crippen LogP contribution is -2.08. The van der Waals surface area contributed by atoms with E-state index in [9.17, 15) is 39.9 Å². The summed E-state index contributed by atoms with van der Waals surface area (Å²) in [5.41, 5.74) is -2.94. The van der Waals surface area contributed by atoms with Crippen molar-refractivity contribution < 1.29 is 48.7 Å². The van der Waals surface area contributed by atoms with Crippen molar-refractivity contribution in [1.29, 1.82) is 0 Å². The van der Waals surface area contributed by atoms with E-state index in [4.69, 9.17) is 16.0 Å². The Morgan fingerprint density at radius 3 is 2.13 bits per heavy atom. The van der Waals surface area contributed by atoms with E-state index in [1.54, 1.807) is 0 Å². The van der Waals surface area contributed by atoms with Gasteiger partial charge >= 0.3 is 12.4 Å². The average molecular weight is 689 g/mol. The predicted octanol–water partition coefficient (Wildman–Crippen LogP) is 7.60. The molecule has 0 saturated heterocycles. The van der Waals surface area contributed by atoms with Crippen LogP contribution in [0.25, 0.3) is 39.4 Å². The van der Waals surface area contributed by atoms with Gasteiger partial charge in [-0.25, -0.2) is 27.8 Å². The molecule has 0 unspecified atom stereocenters. The molecule has 0 aliphatic heterocycles. The fourth-order valence-electron chi connectivity index (χ4n) is 4.78. The molecular weight excluding hydrogens is 669 g/mol. The summed E-state index contributed by atoms with van der Waals surface area (Å²) in [5.74, 6) is -1.33. The minimum atomic E-state index is -4.81. The van der Waals surface area contributed by atoms with Gasteiger partial charge in [0.2, 0.25) is 0 Å². The van der Waals surface area contributed by atoms with Crippen LogP contribution in [0.4, 0.5) is 30.7 Å². The number of hydrogen-bond donors (Lipinski definition) is 1. The van der Waals surface area contributed by atoms with Crippen LogP contribution in [-0.4, -0.2) is 39.3 Å². The van der Waals surface area contributed by atoms with Gasteiger partial charge in [0.05, 0.1) is 22.8 Å². The highest BCUT2D eigenvalue weighted by molar-refractivity contribution is 7.90. The molecule has 3 aromatic heterocycles. The number of aryl methyl sites for hydroxylation is 2. The third-order valence-corrected chi connectivity index (χ3v) is 8.30. The first kappa shape index (κ1) is 33.1. The molecule has 0 bridgehead atoms. The Labute approximate surface area is 261 Å². The second-order valence-electron chi connectivity index (χ2n) is 10.1. The normalized spacial score (nSPS) is 12.6. The summed E-state index contributed by atoms with van der Waals surface area (Å²) in [7, 11) is -4.04. The van der Waals surface area contributed by atoms with Crippen molar-refractivity contribution in [2.45, 2.75) is 37.7 Å². The molecule has 5 rings (SSSR count). The molecule has 5 aromatic rings. The zero-order valence-corrected chi connectivity index (χ0v) is 25.3. The highest BCUT2D eigenvalue weighted by atomic mass is 35.5. The number of hydrogen-bond acceptors (Lipinski definition) is 7. The Balaban J connectivity index is 1.81. The number of aliphatic hydroxyl groups excluding tert-OH is 1. The van der Waals surface area contributed by atoms with Crippen LogP contribution in [-0.2, 0) is 28.8 Å². The van der Waals surface area contributed by atoms with E-state index < -0.39 is 61.6 Å². The van der Waals surface area contributed by atoms with E-state index in [-0.39, 0.29) is 51.1 Å². The van der Waals surface area contributed by atoms with Gasteiger partial charge in [0.15, 0.2) is 27.2 Å². The molecule has 0 spiro atoms. The van der Waals surface area contributed by atoms with Crippen LogP contribution in [0.3, 0.4) is 0 Å². The third kappa shape index (κ3) is 6.24. The molecule has 3 heterocycles. The lowest BCUT2D eigenvalue weighted by Gasteiger charge is -2.15.